The molecule has 3 aromatic rings. The molecule has 2 heterocycles. The first-order chi connectivity index (χ1) is 12.7. The number of allylic oxidation sites excluding steroid dienone is 1. The van der Waals surface area contributed by atoms with E-state index < -0.39 is 0 Å². The summed E-state index contributed by atoms with van der Waals surface area (Å²) in [5.74, 6) is 0.977. The molecule has 130 valence electrons. The fourth-order valence-corrected chi connectivity index (χ4v) is 3.61. The third kappa shape index (κ3) is 2.21. The topological polar surface area (TPSA) is 97.0 Å². The van der Waals surface area contributed by atoms with Crippen molar-refractivity contribution in [2.75, 3.05) is 7.11 Å². The van der Waals surface area contributed by atoms with Gasteiger partial charge in [0.2, 0.25) is 11.8 Å². The summed E-state index contributed by atoms with van der Waals surface area (Å²) in [7, 11) is 1.65. The number of ether oxygens (including phenoxy) is 2. The van der Waals surface area contributed by atoms with Gasteiger partial charge in [0.15, 0.2) is 0 Å². The predicted octanol–water partition coefficient (Wildman–Crippen LogP) is 3.35. The number of nitrogens with two attached hydrogens (primary N) is 1. The van der Waals surface area contributed by atoms with Gasteiger partial charge in [-0.2, -0.15) is 5.26 Å². The summed E-state index contributed by atoms with van der Waals surface area (Å²) >= 11 is 0. The highest BCUT2D eigenvalue weighted by Crippen LogP contribution is 2.45. The van der Waals surface area contributed by atoms with Crippen LogP contribution in [0.15, 0.2) is 47.9 Å². The van der Waals surface area contributed by atoms with Gasteiger partial charge < -0.3 is 15.2 Å². The molecule has 0 radical (unpaired) electrons. The number of fused-ring (bicyclic) bond motifs is 2. The molecular weight excluding hydrogens is 328 g/mol. The van der Waals surface area contributed by atoms with E-state index in [2.05, 4.69) is 16.3 Å². The van der Waals surface area contributed by atoms with Gasteiger partial charge in [0.25, 0.3) is 0 Å². The Bertz CT molecular complexity index is 1080. The van der Waals surface area contributed by atoms with Crippen molar-refractivity contribution in [1.82, 2.24) is 10.2 Å². The molecule has 0 saturated carbocycles. The summed E-state index contributed by atoms with van der Waals surface area (Å²) < 4.78 is 11.1. The van der Waals surface area contributed by atoms with Crippen LogP contribution in [0.2, 0.25) is 0 Å². The van der Waals surface area contributed by atoms with E-state index in [-0.39, 0.29) is 11.8 Å². The van der Waals surface area contributed by atoms with E-state index in [9.17, 15) is 5.26 Å². The zero-order chi connectivity index (χ0) is 18.3. The van der Waals surface area contributed by atoms with E-state index in [0.29, 0.717) is 11.5 Å². The number of nitrogens with zero attached hydrogens (tertiary/aromatic N) is 2. The minimum absolute atomic E-state index is 0.0963. The molecule has 1 atom stereocenters. The number of hydrogen-bond donors (Lipinski definition) is 2. The van der Waals surface area contributed by atoms with Crippen molar-refractivity contribution < 1.29 is 9.47 Å². The summed E-state index contributed by atoms with van der Waals surface area (Å²) in [6.45, 7) is 2.03. The minimum Gasteiger partial charge on any atom is -0.496 e. The van der Waals surface area contributed by atoms with Crippen molar-refractivity contribution >= 4 is 10.8 Å². The maximum Gasteiger partial charge on any atom is 0.244 e. The van der Waals surface area contributed by atoms with Crippen LogP contribution < -0.4 is 15.2 Å². The maximum absolute atomic E-state index is 9.77. The smallest absolute Gasteiger partial charge is 0.244 e. The predicted molar refractivity (Wildman–Crippen MR) is 97.8 cm³/mol. The Morgan fingerprint density at radius 2 is 2.04 bits per heavy atom. The van der Waals surface area contributed by atoms with Gasteiger partial charge >= 0.3 is 0 Å². The molecule has 0 saturated heterocycles. The van der Waals surface area contributed by atoms with E-state index in [0.717, 1.165) is 39.8 Å². The molecule has 0 amide bonds. The number of hydrogen-bond acceptors (Lipinski definition) is 5. The summed E-state index contributed by atoms with van der Waals surface area (Å²) in [5, 5.41) is 19.0. The average molecular weight is 346 g/mol. The lowest BCUT2D eigenvalue weighted by Crippen LogP contribution is -2.21. The van der Waals surface area contributed by atoms with Crippen molar-refractivity contribution in [1.29, 1.82) is 5.26 Å². The molecule has 2 aromatic carbocycles. The molecule has 0 spiro atoms. The second-order valence-corrected chi connectivity index (χ2v) is 6.10. The third-order valence-electron chi connectivity index (χ3n) is 4.82. The van der Waals surface area contributed by atoms with E-state index in [1.807, 2.05) is 43.3 Å². The zero-order valence-corrected chi connectivity index (χ0v) is 14.5. The quantitative estimate of drug-likeness (QED) is 0.758. The maximum atomic E-state index is 9.77. The van der Waals surface area contributed by atoms with Crippen LogP contribution in [0.25, 0.3) is 10.8 Å². The molecule has 1 aromatic heterocycles. The lowest BCUT2D eigenvalue weighted by atomic mass is 9.81. The van der Waals surface area contributed by atoms with Crippen LogP contribution in [0.5, 0.6) is 11.6 Å². The zero-order valence-electron chi connectivity index (χ0n) is 14.5. The van der Waals surface area contributed by atoms with Gasteiger partial charge in [-0.25, -0.2) is 0 Å². The number of nitrogens with one attached hydrogen (secondary N) is 1. The monoisotopic (exact) mass is 346 g/mol. The molecule has 0 aliphatic carbocycles. The summed E-state index contributed by atoms with van der Waals surface area (Å²) in [6.07, 6.45) is 0.745. The molecule has 1 unspecified atom stereocenters. The van der Waals surface area contributed by atoms with Gasteiger partial charge in [0.1, 0.15) is 17.4 Å². The Labute approximate surface area is 150 Å². The molecule has 4 rings (SSSR count). The SMILES string of the molecule is CCc1[nH]nc2c1C(c1ccc(OC)c3ccccc13)C(C#N)=C(N)O2. The Morgan fingerprint density at radius 1 is 1.27 bits per heavy atom. The van der Waals surface area contributed by atoms with Crippen LogP contribution in [0.3, 0.4) is 0 Å². The first-order valence-corrected chi connectivity index (χ1v) is 8.39. The van der Waals surface area contributed by atoms with E-state index in [1.54, 1.807) is 7.11 Å². The summed E-state index contributed by atoms with van der Waals surface area (Å²) in [5.41, 5.74) is 9.21. The summed E-state index contributed by atoms with van der Waals surface area (Å²) in [4.78, 5) is 0. The molecule has 0 fully saturated rings. The number of aromatic nitrogens is 2. The normalized spacial score (nSPS) is 16.1. The largest absolute Gasteiger partial charge is 0.496 e. The Morgan fingerprint density at radius 3 is 2.73 bits per heavy atom. The van der Waals surface area contributed by atoms with Gasteiger partial charge in [-0.05, 0) is 23.4 Å². The highest BCUT2D eigenvalue weighted by molar-refractivity contribution is 5.92. The molecule has 6 heteroatoms. The van der Waals surface area contributed by atoms with Crippen LogP contribution >= 0.6 is 0 Å². The fraction of sp³-hybridized carbons (Fsp3) is 0.200. The minimum atomic E-state index is -0.340. The van der Waals surface area contributed by atoms with Crippen LogP contribution in [-0.4, -0.2) is 17.3 Å². The molecule has 26 heavy (non-hydrogen) atoms. The first kappa shape index (κ1) is 16.0. The summed E-state index contributed by atoms with van der Waals surface area (Å²) in [6, 6.07) is 14.1. The van der Waals surface area contributed by atoms with Crippen LogP contribution in [0.1, 0.15) is 29.7 Å². The van der Waals surface area contributed by atoms with Gasteiger partial charge in [-0.15, -0.1) is 5.10 Å². The van der Waals surface area contributed by atoms with Crippen LogP contribution in [0.4, 0.5) is 0 Å². The van der Waals surface area contributed by atoms with E-state index >= 15 is 0 Å². The molecule has 3 N–H and O–H groups in total. The van der Waals surface area contributed by atoms with Gasteiger partial charge in [-0.3, -0.25) is 5.10 Å². The molecule has 0 bridgehead atoms. The second kappa shape index (κ2) is 6.12. The van der Waals surface area contributed by atoms with Crippen molar-refractivity contribution in [3.63, 3.8) is 0 Å². The van der Waals surface area contributed by atoms with Gasteiger partial charge in [-0.1, -0.05) is 37.3 Å². The Kier molecular flexibility index (Phi) is 3.77. The number of aromatic amines is 1. The highest BCUT2D eigenvalue weighted by Gasteiger charge is 2.35. The van der Waals surface area contributed by atoms with E-state index in [1.165, 1.54) is 0 Å². The van der Waals surface area contributed by atoms with Crippen molar-refractivity contribution in [3.05, 3.63) is 64.7 Å². The van der Waals surface area contributed by atoms with Crippen molar-refractivity contribution in [2.24, 2.45) is 5.73 Å². The molecule has 1 aliphatic heterocycles. The number of benzene rings is 2. The number of rotatable bonds is 3. The van der Waals surface area contributed by atoms with Crippen molar-refractivity contribution in [2.45, 2.75) is 19.3 Å². The van der Waals surface area contributed by atoms with Crippen molar-refractivity contribution in [3.8, 4) is 17.7 Å². The Hall–Kier alpha value is -3.46. The van der Waals surface area contributed by atoms with E-state index in [4.69, 9.17) is 15.2 Å². The highest BCUT2D eigenvalue weighted by atomic mass is 16.5. The number of nitriles is 1. The standard InChI is InChI=1S/C20H18N4O2/c1-3-15-18-17(14(10-21)19(22)26-20(18)24-23-15)13-8-9-16(25-2)12-7-5-4-6-11(12)13/h4-9,17H,3,22H2,1-2H3,(H,23,24). The Balaban J connectivity index is 2.05. The van der Waals surface area contributed by atoms with Crippen LogP contribution in [0, 0.1) is 11.3 Å². The second-order valence-electron chi connectivity index (χ2n) is 6.10. The first-order valence-electron chi connectivity index (χ1n) is 8.39. The molecular formula is C20H18N4O2. The van der Waals surface area contributed by atoms with Gasteiger partial charge in [0, 0.05) is 16.6 Å². The molecule has 1 aliphatic rings. The lowest BCUT2D eigenvalue weighted by Gasteiger charge is -2.25. The lowest BCUT2D eigenvalue weighted by molar-refractivity contribution is 0.379. The average Bonchev–Trinajstić information content (AvgIpc) is 3.08. The number of aryl methyl sites for hydroxylation is 1. The third-order valence-corrected chi connectivity index (χ3v) is 4.82. The fourth-order valence-electron chi connectivity index (χ4n) is 3.61. The molecule has 6 nitrogen and oxygen atoms in total. The number of H-pyrrole nitrogens is 1. The van der Waals surface area contributed by atoms with Gasteiger partial charge in [0.05, 0.1) is 13.0 Å². The van der Waals surface area contributed by atoms with Crippen LogP contribution in [-0.2, 0) is 6.42 Å². The number of methoxy groups -OCH3 is 1.